The minimum Gasteiger partial charge on any atom is -0.458 e. The van der Waals surface area contributed by atoms with E-state index in [9.17, 15) is 24.3 Å². The molecule has 1 N–H and O–H groups in total. The van der Waals surface area contributed by atoms with Crippen LogP contribution in [0.25, 0.3) is 10.9 Å². The fourth-order valence-corrected chi connectivity index (χ4v) is 9.07. The topological polar surface area (TPSA) is 146 Å². The summed E-state index contributed by atoms with van der Waals surface area (Å²) in [7, 11) is 5.25. The standard InChI is InChI=1S/C42H63N3O10/c1-11-32-37-33(45(41(50)54-37)20-15-14-19-44-21-18-29-16-12-13-17-30(29)44)26(4)34(46)24(2)23-42(7,51-10)38(27(5)35(47)28(6)39(49)53-32)55-40-36(48)31(43(8)9)22-25(3)52-40/h12-13,16-18,21,24-28,31-33,36-38,40,48H,11,14-15,19-20,22-23H2,1-10H3/t24-,25-,26-,27+,28-,31+,32-,33-,36-,37-,38-,40?,42+/m1/s1. The van der Waals surface area contributed by atoms with Gasteiger partial charge in [-0.05, 0) is 84.5 Å². The number of ketones is 2. The molecule has 1 unspecified atom stereocenters. The fraction of sp³-hybridized carbons (Fsp3) is 0.714. The van der Waals surface area contributed by atoms with Crippen molar-refractivity contribution in [3.05, 3.63) is 36.5 Å². The van der Waals surface area contributed by atoms with Gasteiger partial charge in [0.2, 0.25) is 0 Å². The van der Waals surface area contributed by atoms with Gasteiger partial charge in [0.05, 0.1) is 23.9 Å². The number of methoxy groups -OCH3 is 1. The third-order valence-corrected chi connectivity index (χ3v) is 12.4. The van der Waals surface area contributed by atoms with Crippen molar-refractivity contribution in [2.75, 3.05) is 27.7 Å². The first-order valence-corrected chi connectivity index (χ1v) is 20.0. The Labute approximate surface area is 325 Å². The maximum atomic E-state index is 14.6. The van der Waals surface area contributed by atoms with Crippen molar-refractivity contribution in [1.29, 1.82) is 0 Å². The van der Waals surface area contributed by atoms with Crippen LogP contribution in [0, 0.1) is 23.7 Å². The fourth-order valence-electron chi connectivity index (χ4n) is 9.07. The number of carbonyl (C=O) groups is 4. The Kier molecular flexibility index (Phi) is 13.9. The number of unbranched alkanes of at least 4 members (excludes halogenated alkanes) is 1. The number of benzene rings is 1. The molecule has 13 heteroatoms. The lowest BCUT2D eigenvalue weighted by Gasteiger charge is -2.47. The third-order valence-electron chi connectivity index (χ3n) is 12.4. The van der Waals surface area contributed by atoms with Gasteiger partial charge >= 0.3 is 12.1 Å². The smallest absolute Gasteiger partial charge is 0.410 e. The van der Waals surface area contributed by atoms with Crippen molar-refractivity contribution in [2.45, 2.75) is 142 Å². The van der Waals surface area contributed by atoms with Crippen molar-refractivity contribution in [1.82, 2.24) is 14.4 Å². The van der Waals surface area contributed by atoms with Gasteiger partial charge in [0, 0.05) is 55.7 Å². The van der Waals surface area contributed by atoms with Gasteiger partial charge in [-0.15, -0.1) is 0 Å². The molecule has 3 aliphatic heterocycles. The summed E-state index contributed by atoms with van der Waals surface area (Å²) in [5.74, 6) is -4.76. The molecule has 3 fully saturated rings. The number of hydrogen-bond donors (Lipinski definition) is 1. The Morgan fingerprint density at radius 3 is 2.31 bits per heavy atom. The highest BCUT2D eigenvalue weighted by Gasteiger charge is 2.54. The van der Waals surface area contributed by atoms with Crippen LogP contribution in [0.15, 0.2) is 36.5 Å². The Balaban J connectivity index is 1.44. The van der Waals surface area contributed by atoms with E-state index in [1.165, 1.54) is 14.0 Å². The van der Waals surface area contributed by atoms with E-state index in [2.05, 4.69) is 29.0 Å². The number of aliphatic hydroxyl groups excluding tert-OH is 1. The molecule has 13 atom stereocenters. The predicted molar refractivity (Wildman–Crippen MR) is 206 cm³/mol. The maximum Gasteiger partial charge on any atom is 0.410 e. The molecule has 0 spiro atoms. The highest BCUT2D eigenvalue weighted by molar-refractivity contribution is 6.00. The van der Waals surface area contributed by atoms with E-state index in [1.54, 1.807) is 25.7 Å². The summed E-state index contributed by atoms with van der Waals surface area (Å²) in [6.45, 7) is 13.4. The van der Waals surface area contributed by atoms with Crippen LogP contribution >= 0.6 is 0 Å². The number of hydrogen-bond acceptors (Lipinski definition) is 11. The van der Waals surface area contributed by atoms with Crippen LogP contribution in [0.3, 0.4) is 0 Å². The summed E-state index contributed by atoms with van der Waals surface area (Å²) in [6, 6.07) is 9.29. The molecule has 306 valence electrons. The van der Waals surface area contributed by atoms with Gasteiger partial charge in [-0.2, -0.15) is 0 Å². The summed E-state index contributed by atoms with van der Waals surface area (Å²) in [5, 5.41) is 12.6. The Morgan fingerprint density at radius 2 is 1.64 bits per heavy atom. The molecule has 4 heterocycles. The van der Waals surface area contributed by atoms with E-state index in [-0.39, 0.29) is 24.3 Å². The van der Waals surface area contributed by atoms with Crippen LogP contribution in [0.4, 0.5) is 4.79 Å². The van der Waals surface area contributed by atoms with E-state index in [4.69, 9.17) is 23.7 Å². The number of aromatic nitrogens is 1. The Hall–Kier alpha value is -3.36. The van der Waals surface area contributed by atoms with Crippen LogP contribution in [-0.4, -0.2) is 125 Å². The number of ether oxygens (including phenoxy) is 5. The highest BCUT2D eigenvalue weighted by atomic mass is 16.7. The van der Waals surface area contributed by atoms with E-state index >= 15 is 0 Å². The lowest BCUT2D eigenvalue weighted by molar-refractivity contribution is -0.295. The highest BCUT2D eigenvalue weighted by Crippen LogP contribution is 2.39. The molecule has 1 aromatic heterocycles. The van der Waals surface area contributed by atoms with Crippen molar-refractivity contribution in [3.8, 4) is 0 Å². The SMILES string of the molecule is CC[C@H]1OC(=O)[C@H](C)C(=O)[C@H](C)[C@@H](OC2O[C@H](C)C[C@H](N(C)C)[C@H]2O)[C@@](C)(OC)C[C@@H](C)C(=O)[C@H](C)[C@@H]2[C@@H]1OC(=O)N2CCCCn1ccc2ccccc21. The number of fused-ring (bicyclic) bond motifs is 2. The second-order valence-corrected chi connectivity index (χ2v) is 16.5. The van der Waals surface area contributed by atoms with Crippen LogP contribution in [-0.2, 0) is 44.6 Å². The minimum absolute atomic E-state index is 0.125. The first-order valence-electron chi connectivity index (χ1n) is 20.0. The summed E-state index contributed by atoms with van der Waals surface area (Å²) in [5.41, 5.74) is -0.104. The molecule has 5 rings (SSSR count). The van der Waals surface area contributed by atoms with Crippen molar-refractivity contribution >= 4 is 34.5 Å². The van der Waals surface area contributed by atoms with Crippen LogP contribution in [0.2, 0.25) is 0 Å². The Morgan fingerprint density at radius 1 is 0.945 bits per heavy atom. The van der Waals surface area contributed by atoms with E-state index in [0.717, 1.165) is 23.9 Å². The molecule has 3 aliphatic rings. The van der Waals surface area contributed by atoms with Gasteiger partial charge in [0.15, 0.2) is 18.2 Å². The number of amides is 1. The normalized spacial score (nSPS) is 36.8. The zero-order valence-electron chi connectivity index (χ0n) is 34.3. The average Bonchev–Trinajstić information content (AvgIpc) is 3.73. The van der Waals surface area contributed by atoms with Crippen molar-refractivity contribution < 1.29 is 48.0 Å². The molecule has 3 saturated heterocycles. The number of Topliss-reactive ketones (excluding diaryl/α,β-unsaturated/α-hetero) is 2. The lowest BCUT2D eigenvalue weighted by atomic mass is 9.75. The molecule has 0 saturated carbocycles. The van der Waals surface area contributed by atoms with E-state index in [0.29, 0.717) is 25.8 Å². The lowest BCUT2D eigenvalue weighted by Crippen LogP contribution is -2.59. The summed E-state index contributed by atoms with van der Waals surface area (Å²) < 4.78 is 33.1. The Bertz CT molecular complexity index is 1660. The predicted octanol–water partition coefficient (Wildman–Crippen LogP) is 5.24. The van der Waals surface area contributed by atoms with Gasteiger partial charge in [0.1, 0.15) is 23.9 Å². The number of nitrogens with zero attached hydrogens (tertiary/aromatic N) is 3. The number of esters is 1. The minimum atomic E-state index is -1.25. The summed E-state index contributed by atoms with van der Waals surface area (Å²) in [6.07, 6.45) is -1.24. The van der Waals surface area contributed by atoms with Gasteiger partial charge in [-0.1, -0.05) is 45.9 Å². The molecular formula is C42H63N3O10. The van der Waals surface area contributed by atoms with Crippen LogP contribution in [0.1, 0.15) is 80.6 Å². The van der Waals surface area contributed by atoms with E-state index in [1.807, 2.05) is 51.9 Å². The third kappa shape index (κ3) is 8.96. The second kappa shape index (κ2) is 17.8. The number of likely N-dealkylation sites (N-methyl/N-ethyl adjacent to an activating group) is 1. The number of para-hydroxylation sites is 1. The number of aliphatic hydroxyl groups is 1. The quantitative estimate of drug-likeness (QED) is 0.193. The maximum absolute atomic E-state index is 14.6. The molecule has 1 amide bonds. The van der Waals surface area contributed by atoms with Gasteiger partial charge in [0.25, 0.3) is 0 Å². The summed E-state index contributed by atoms with van der Waals surface area (Å²) in [4.78, 5) is 59.8. The van der Waals surface area contributed by atoms with Crippen LogP contribution < -0.4 is 0 Å². The first-order chi connectivity index (χ1) is 26.0. The number of carbonyl (C=O) groups excluding carboxylic acids is 4. The van der Waals surface area contributed by atoms with Gasteiger partial charge < -0.3 is 43.2 Å². The first kappa shape index (κ1) is 42.8. The number of rotatable bonds is 10. The van der Waals surface area contributed by atoms with E-state index < -0.39 is 83.9 Å². The molecule has 0 radical (unpaired) electrons. The second-order valence-electron chi connectivity index (χ2n) is 16.5. The van der Waals surface area contributed by atoms with Crippen molar-refractivity contribution in [2.24, 2.45) is 23.7 Å². The van der Waals surface area contributed by atoms with Gasteiger partial charge in [-0.25, -0.2) is 4.79 Å². The molecule has 0 bridgehead atoms. The molecular weight excluding hydrogens is 706 g/mol. The molecule has 1 aromatic carbocycles. The zero-order valence-corrected chi connectivity index (χ0v) is 34.3. The van der Waals surface area contributed by atoms with Crippen molar-refractivity contribution in [3.63, 3.8) is 0 Å². The zero-order chi connectivity index (χ0) is 40.4. The summed E-state index contributed by atoms with van der Waals surface area (Å²) >= 11 is 0. The number of cyclic esters (lactones) is 1. The molecule has 55 heavy (non-hydrogen) atoms. The largest absolute Gasteiger partial charge is 0.458 e. The van der Waals surface area contributed by atoms with Gasteiger partial charge in [-0.3, -0.25) is 14.4 Å². The molecule has 13 nitrogen and oxygen atoms in total. The molecule has 2 aromatic rings. The van der Waals surface area contributed by atoms with Crippen LogP contribution in [0.5, 0.6) is 0 Å². The molecule has 0 aliphatic carbocycles. The number of aryl methyl sites for hydroxylation is 1. The average molecular weight is 770 g/mol. The monoisotopic (exact) mass is 769 g/mol.